The van der Waals surface area contributed by atoms with Crippen molar-refractivity contribution in [2.75, 3.05) is 6.54 Å². The van der Waals surface area contributed by atoms with E-state index in [9.17, 15) is 4.79 Å². The van der Waals surface area contributed by atoms with E-state index in [1.54, 1.807) is 6.20 Å². The number of nitrogens with zero attached hydrogens (tertiary/aromatic N) is 3. The maximum absolute atomic E-state index is 11.4. The fourth-order valence-corrected chi connectivity index (χ4v) is 2.42. The van der Waals surface area contributed by atoms with Gasteiger partial charge in [-0.15, -0.1) is 0 Å². The predicted octanol–water partition coefficient (Wildman–Crippen LogP) is 1.92. The number of nitriles is 1. The molecule has 0 radical (unpaired) electrons. The van der Waals surface area contributed by atoms with Crippen LogP contribution < -0.4 is 0 Å². The topological polar surface area (TPSA) is 57.0 Å². The van der Waals surface area contributed by atoms with E-state index >= 15 is 0 Å². The summed E-state index contributed by atoms with van der Waals surface area (Å²) in [5.74, 6) is 0.341. The molecule has 18 heavy (non-hydrogen) atoms. The highest BCUT2D eigenvalue weighted by Crippen LogP contribution is 2.22. The molecule has 1 atom stereocenters. The van der Waals surface area contributed by atoms with E-state index in [0.717, 1.165) is 25.1 Å². The first-order valence-electron chi connectivity index (χ1n) is 6.31. The average molecular weight is 243 g/mol. The molecule has 1 saturated carbocycles. The molecule has 1 fully saturated rings. The standard InChI is InChI=1S/C14H17N3O/c15-6-2-8-17(13-4-5-14(18)9-13)11-12-3-1-7-16-10-12/h1,3,7,10,13H,2,4-5,8-9,11H2. The van der Waals surface area contributed by atoms with Gasteiger partial charge in [-0.25, -0.2) is 0 Å². The number of Topliss-reactive ketones (excluding diaryl/α,β-unsaturated/α-hetero) is 1. The van der Waals surface area contributed by atoms with Crippen molar-refractivity contribution < 1.29 is 4.79 Å². The minimum atomic E-state index is 0.297. The summed E-state index contributed by atoms with van der Waals surface area (Å²) in [6, 6.07) is 6.42. The van der Waals surface area contributed by atoms with Gasteiger partial charge in [0.1, 0.15) is 5.78 Å². The maximum Gasteiger partial charge on any atom is 0.134 e. The first-order chi connectivity index (χ1) is 8.79. The summed E-state index contributed by atoms with van der Waals surface area (Å²) in [5, 5.41) is 8.72. The monoisotopic (exact) mass is 243 g/mol. The Bertz CT molecular complexity index is 438. The molecule has 0 aliphatic heterocycles. The van der Waals surface area contributed by atoms with Gasteiger partial charge in [-0.1, -0.05) is 6.07 Å². The highest BCUT2D eigenvalue weighted by molar-refractivity contribution is 5.81. The van der Waals surface area contributed by atoms with Crippen molar-refractivity contribution in [3.05, 3.63) is 30.1 Å². The largest absolute Gasteiger partial charge is 0.300 e. The Morgan fingerprint density at radius 1 is 1.56 bits per heavy atom. The molecule has 4 heteroatoms. The summed E-state index contributed by atoms with van der Waals surface area (Å²) in [6.45, 7) is 1.50. The first kappa shape index (κ1) is 12.7. The van der Waals surface area contributed by atoms with Crippen molar-refractivity contribution in [1.29, 1.82) is 5.26 Å². The molecule has 1 aliphatic carbocycles. The number of hydrogen-bond donors (Lipinski definition) is 0. The summed E-state index contributed by atoms with van der Waals surface area (Å²) in [6.07, 6.45) is 6.33. The summed E-state index contributed by atoms with van der Waals surface area (Å²) >= 11 is 0. The molecule has 0 spiro atoms. The third-order valence-electron chi connectivity index (χ3n) is 3.36. The van der Waals surface area contributed by atoms with E-state index in [2.05, 4.69) is 16.0 Å². The van der Waals surface area contributed by atoms with Crippen LogP contribution in [-0.2, 0) is 11.3 Å². The summed E-state index contributed by atoms with van der Waals surface area (Å²) in [4.78, 5) is 17.7. The number of carbonyl (C=O) groups excluding carboxylic acids is 1. The summed E-state index contributed by atoms with van der Waals surface area (Å²) < 4.78 is 0. The van der Waals surface area contributed by atoms with Crippen LogP contribution >= 0.6 is 0 Å². The highest BCUT2D eigenvalue weighted by atomic mass is 16.1. The molecule has 1 aromatic rings. The first-order valence-corrected chi connectivity index (χ1v) is 6.31. The van der Waals surface area contributed by atoms with Crippen LogP contribution in [0.2, 0.25) is 0 Å². The summed E-state index contributed by atoms with van der Waals surface area (Å²) in [5.41, 5.74) is 1.13. The molecule has 0 bridgehead atoms. The smallest absolute Gasteiger partial charge is 0.134 e. The van der Waals surface area contributed by atoms with E-state index < -0.39 is 0 Å². The van der Waals surface area contributed by atoms with Crippen molar-refractivity contribution in [2.45, 2.75) is 38.3 Å². The lowest BCUT2D eigenvalue weighted by molar-refractivity contribution is -0.117. The van der Waals surface area contributed by atoms with E-state index in [4.69, 9.17) is 5.26 Å². The number of hydrogen-bond acceptors (Lipinski definition) is 4. The molecule has 2 rings (SSSR count). The third-order valence-corrected chi connectivity index (χ3v) is 3.36. The molecule has 0 saturated heterocycles. The molecular formula is C14H17N3O. The fraction of sp³-hybridized carbons (Fsp3) is 0.500. The van der Waals surface area contributed by atoms with Gasteiger partial charge in [0.25, 0.3) is 0 Å². The molecule has 0 amide bonds. The number of aromatic nitrogens is 1. The van der Waals surface area contributed by atoms with Crippen LogP contribution in [0.5, 0.6) is 0 Å². The second-order valence-corrected chi connectivity index (χ2v) is 4.68. The Morgan fingerprint density at radius 3 is 3.06 bits per heavy atom. The highest BCUT2D eigenvalue weighted by Gasteiger charge is 2.27. The zero-order valence-electron chi connectivity index (χ0n) is 10.4. The van der Waals surface area contributed by atoms with Crippen molar-refractivity contribution in [1.82, 2.24) is 9.88 Å². The lowest BCUT2D eigenvalue weighted by Gasteiger charge is -2.27. The van der Waals surface area contributed by atoms with Gasteiger partial charge in [-0.2, -0.15) is 5.26 Å². The normalized spacial score (nSPS) is 19.1. The summed E-state index contributed by atoms with van der Waals surface area (Å²) in [7, 11) is 0. The molecule has 1 aromatic heterocycles. The molecule has 94 valence electrons. The number of rotatable bonds is 5. The lowest BCUT2D eigenvalue weighted by atomic mass is 10.1. The second-order valence-electron chi connectivity index (χ2n) is 4.68. The van der Waals surface area contributed by atoms with Crippen LogP contribution in [0.25, 0.3) is 0 Å². The molecule has 0 aromatic carbocycles. The zero-order valence-corrected chi connectivity index (χ0v) is 10.4. The average Bonchev–Trinajstić information content (AvgIpc) is 2.82. The van der Waals surface area contributed by atoms with Gasteiger partial charge >= 0.3 is 0 Å². The maximum atomic E-state index is 11.4. The molecule has 0 N–H and O–H groups in total. The number of ketones is 1. The molecule has 4 nitrogen and oxygen atoms in total. The van der Waals surface area contributed by atoms with Crippen LogP contribution in [0.4, 0.5) is 0 Å². The van der Waals surface area contributed by atoms with Gasteiger partial charge in [0, 0.05) is 50.8 Å². The van der Waals surface area contributed by atoms with Crippen molar-refractivity contribution in [3.8, 4) is 6.07 Å². The van der Waals surface area contributed by atoms with Crippen molar-refractivity contribution in [3.63, 3.8) is 0 Å². The SMILES string of the molecule is N#CCCN(Cc1cccnc1)C1CCC(=O)C1. The number of carbonyl (C=O) groups is 1. The number of pyridine rings is 1. The lowest BCUT2D eigenvalue weighted by Crippen LogP contribution is -2.34. The molecular weight excluding hydrogens is 226 g/mol. The zero-order chi connectivity index (χ0) is 12.8. The Morgan fingerprint density at radius 2 is 2.44 bits per heavy atom. The van der Waals surface area contributed by atoms with Gasteiger partial charge in [0.05, 0.1) is 6.07 Å². The van der Waals surface area contributed by atoms with Crippen LogP contribution in [0.1, 0.15) is 31.2 Å². The Hall–Kier alpha value is -1.73. The van der Waals surface area contributed by atoms with Crippen LogP contribution in [0.15, 0.2) is 24.5 Å². The van der Waals surface area contributed by atoms with Gasteiger partial charge in [-0.05, 0) is 18.1 Å². The van der Waals surface area contributed by atoms with Gasteiger partial charge in [0.2, 0.25) is 0 Å². The van der Waals surface area contributed by atoms with Crippen LogP contribution in [-0.4, -0.2) is 28.3 Å². The fourth-order valence-electron chi connectivity index (χ4n) is 2.42. The Labute approximate surface area is 107 Å². The van der Waals surface area contributed by atoms with E-state index in [0.29, 0.717) is 31.1 Å². The minimum Gasteiger partial charge on any atom is -0.300 e. The predicted molar refractivity (Wildman–Crippen MR) is 67.5 cm³/mol. The van der Waals surface area contributed by atoms with Crippen LogP contribution in [0.3, 0.4) is 0 Å². The molecule has 1 aliphatic rings. The Balaban J connectivity index is 2.01. The van der Waals surface area contributed by atoms with E-state index in [1.807, 2.05) is 18.3 Å². The minimum absolute atomic E-state index is 0.297. The Kier molecular flexibility index (Phi) is 4.43. The van der Waals surface area contributed by atoms with Crippen molar-refractivity contribution >= 4 is 5.78 Å². The second kappa shape index (κ2) is 6.27. The quantitative estimate of drug-likeness (QED) is 0.792. The van der Waals surface area contributed by atoms with Gasteiger partial charge in [-0.3, -0.25) is 14.7 Å². The van der Waals surface area contributed by atoms with E-state index in [-0.39, 0.29) is 0 Å². The molecule has 1 heterocycles. The van der Waals surface area contributed by atoms with Crippen LogP contribution in [0, 0.1) is 11.3 Å². The van der Waals surface area contributed by atoms with Gasteiger partial charge < -0.3 is 0 Å². The van der Waals surface area contributed by atoms with Crippen molar-refractivity contribution in [2.24, 2.45) is 0 Å². The van der Waals surface area contributed by atoms with Gasteiger partial charge in [0.15, 0.2) is 0 Å². The third kappa shape index (κ3) is 3.38. The molecule has 1 unspecified atom stereocenters. The van der Waals surface area contributed by atoms with E-state index in [1.165, 1.54) is 0 Å².